The second kappa shape index (κ2) is 4.44. The van der Waals surface area contributed by atoms with E-state index in [1.165, 1.54) is 6.07 Å². The van der Waals surface area contributed by atoms with E-state index >= 15 is 0 Å². The Morgan fingerprint density at radius 1 is 1.44 bits per heavy atom. The minimum Gasteiger partial charge on any atom is -0.477 e. The average molecular weight is 247 g/mol. The van der Waals surface area contributed by atoms with Gasteiger partial charge in [0.15, 0.2) is 6.30 Å². The Morgan fingerprint density at radius 3 is 2.72 bits per heavy atom. The van der Waals surface area contributed by atoms with Crippen molar-refractivity contribution < 1.29 is 14.3 Å². The number of allylic oxidation sites excluding steroid dienone is 1. The Labute approximate surface area is 102 Å². The fourth-order valence-electron chi connectivity index (χ4n) is 1.77. The number of halogens is 1. The summed E-state index contributed by atoms with van der Waals surface area (Å²) in [5.74, 6) is -1.38. The van der Waals surface area contributed by atoms with Gasteiger partial charge in [0.2, 0.25) is 5.43 Å². The molecule has 5 heteroatoms. The molecule has 0 aliphatic heterocycles. The minimum atomic E-state index is -1.59. The van der Waals surface area contributed by atoms with Crippen LogP contribution in [0.1, 0.15) is 16.7 Å². The first-order valence-corrected chi connectivity index (χ1v) is 5.20. The highest BCUT2D eigenvalue weighted by Gasteiger charge is 2.16. The molecule has 92 valence electrons. The van der Waals surface area contributed by atoms with Gasteiger partial charge in [0.25, 0.3) is 0 Å². The Balaban J connectivity index is 2.93. The van der Waals surface area contributed by atoms with Crippen molar-refractivity contribution in [2.75, 3.05) is 0 Å². The Hall–Kier alpha value is -2.43. The third-order valence-corrected chi connectivity index (χ3v) is 2.63. The molecule has 2 rings (SSSR count). The van der Waals surface area contributed by atoms with Crippen LogP contribution in [0.5, 0.6) is 0 Å². The van der Waals surface area contributed by atoms with Crippen LogP contribution < -0.4 is 5.43 Å². The zero-order valence-corrected chi connectivity index (χ0v) is 9.34. The van der Waals surface area contributed by atoms with E-state index in [9.17, 15) is 14.0 Å². The molecule has 0 fully saturated rings. The highest BCUT2D eigenvalue weighted by atomic mass is 19.1. The number of fused-ring (bicyclic) bond motifs is 1. The Bertz CT molecular complexity index is 690. The van der Waals surface area contributed by atoms with Crippen molar-refractivity contribution in [1.29, 1.82) is 0 Å². The molecule has 0 aliphatic carbocycles. The molecule has 1 unspecified atom stereocenters. The van der Waals surface area contributed by atoms with E-state index in [1.807, 2.05) is 0 Å². The number of hydrogen-bond acceptors (Lipinski definition) is 2. The number of carboxylic acids is 1. The summed E-state index contributed by atoms with van der Waals surface area (Å²) in [7, 11) is 0. The summed E-state index contributed by atoms with van der Waals surface area (Å²) in [5, 5.41) is 9.11. The van der Waals surface area contributed by atoms with Crippen LogP contribution in [0, 0.1) is 0 Å². The van der Waals surface area contributed by atoms with Crippen LogP contribution in [0.25, 0.3) is 10.9 Å². The molecule has 1 N–H and O–H groups in total. The molecule has 0 aliphatic rings. The van der Waals surface area contributed by atoms with Crippen LogP contribution in [0.3, 0.4) is 0 Å². The minimum absolute atomic E-state index is 0.168. The molecule has 0 saturated heterocycles. The van der Waals surface area contributed by atoms with Crippen molar-refractivity contribution in [1.82, 2.24) is 4.57 Å². The summed E-state index contributed by atoms with van der Waals surface area (Å²) < 4.78 is 14.8. The lowest BCUT2D eigenvalue weighted by Crippen LogP contribution is -2.19. The van der Waals surface area contributed by atoms with Gasteiger partial charge in [0.1, 0.15) is 5.56 Å². The number of aromatic carboxylic acids is 1. The summed E-state index contributed by atoms with van der Waals surface area (Å²) in [6.45, 7) is 3.32. The van der Waals surface area contributed by atoms with Crippen molar-refractivity contribution in [2.45, 2.75) is 6.30 Å². The Morgan fingerprint density at radius 2 is 2.11 bits per heavy atom. The molecule has 4 nitrogen and oxygen atoms in total. The first kappa shape index (κ1) is 12.0. The maximum absolute atomic E-state index is 13.7. The average Bonchev–Trinajstić information content (AvgIpc) is 2.38. The lowest BCUT2D eigenvalue weighted by atomic mass is 10.1. The maximum Gasteiger partial charge on any atom is 0.341 e. The molecule has 1 aromatic heterocycles. The molecule has 0 spiro atoms. The normalized spacial score (nSPS) is 12.3. The number of alkyl halides is 1. The highest BCUT2D eigenvalue weighted by Crippen LogP contribution is 2.18. The number of nitrogens with zero attached hydrogens (tertiary/aromatic N) is 1. The molecular formula is C13H10FNO3. The second-order valence-corrected chi connectivity index (χ2v) is 3.71. The second-order valence-electron chi connectivity index (χ2n) is 3.71. The van der Waals surface area contributed by atoms with Gasteiger partial charge in [-0.2, -0.15) is 0 Å². The van der Waals surface area contributed by atoms with Gasteiger partial charge in [-0.3, -0.25) is 4.79 Å². The van der Waals surface area contributed by atoms with E-state index in [0.717, 1.165) is 16.8 Å². The monoisotopic (exact) mass is 247 g/mol. The first-order valence-electron chi connectivity index (χ1n) is 5.20. The summed E-state index contributed by atoms with van der Waals surface area (Å²) in [4.78, 5) is 22.9. The lowest BCUT2D eigenvalue weighted by Gasteiger charge is -2.13. The molecule has 1 atom stereocenters. The number of pyridine rings is 1. The van der Waals surface area contributed by atoms with Crippen LogP contribution in [0.2, 0.25) is 0 Å². The largest absolute Gasteiger partial charge is 0.477 e. The molecule has 0 amide bonds. The van der Waals surface area contributed by atoms with Gasteiger partial charge >= 0.3 is 5.97 Å². The fraction of sp³-hybridized carbons (Fsp3) is 0.0769. The number of rotatable bonds is 3. The number of carboxylic acid groups (broad SMARTS) is 1. The third-order valence-electron chi connectivity index (χ3n) is 2.63. The SMILES string of the molecule is C=CC(F)n1cc(C(=O)O)c(=O)c2ccccc21. The van der Waals surface area contributed by atoms with E-state index in [1.54, 1.807) is 18.2 Å². The predicted octanol–water partition coefficient (Wildman–Crippen LogP) is 2.35. The molecule has 1 heterocycles. The van der Waals surface area contributed by atoms with Gasteiger partial charge in [-0.1, -0.05) is 18.7 Å². The van der Waals surface area contributed by atoms with Crippen LogP contribution in [0.15, 0.2) is 47.9 Å². The number of carbonyl (C=O) groups is 1. The van der Waals surface area contributed by atoms with Crippen LogP contribution in [0.4, 0.5) is 4.39 Å². The van der Waals surface area contributed by atoms with Gasteiger partial charge in [0.05, 0.1) is 5.52 Å². The lowest BCUT2D eigenvalue weighted by molar-refractivity contribution is 0.0694. The van der Waals surface area contributed by atoms with Gasteiger partial charge in [-0.05, 0) is 18.2 Å². The summed E-state index contributed by atoms with van der Waals surface area (Å²) in [6.07, 6.45) is 0.440. The van der Waals surface area contributed by atoms with E-state index in [-0.39, 0.29) is 5.39 Å². The topological polar surface area (TPSA) is 59.3 Å². The van der Waals surface area contributed by atoms with Crippen LogP contribution in [-0.2, 0) is 0 Å². The summed E-state index contributed by atoms with van der Waals surface area (Å²) >= 11 is 0. The maximum atomic E-state index is 13.7. The molecule has 0 radical (unpaired) electrons. The number of para-hydroxylation sites is 1. The standard InChI is InChI=1S/C13H10FNO3/c1-2-11(14)15-7-9(13(17)18)12(16)8-5-3-4-6-10(8)15/h2-7,11H,1H2,(H,17,18). The van der Waals surface area contributed by atoms with Crippen LogP contribution >= 0.6 is 0 Å². The van der Waals surface area contributed by atoms with Crippen molar-refractivity contribution in [3.8, 4) is 0 Å². The quantitative estimate of drug-likeness (QED) is 0.847. The highest BCUT2D eigenvalue weighted by molar-refractivity contribution is 5.92. The molecule has 0 saturated carbocycles. The molecular weight excluding hydrogens is 237 g/mol. The number of aromatic nitrogens is 1. The van der Waals surface area contributed by atoms with Gasteiger partial charge in [-0.25, -0.2) is 9.18 Å². The number of hydrogen-bond donors (Lipinski definition) is 1. The van der Waals surface area contributed by atoms with E-state index in [0.29, 0.717) is 5.52 Å². The molecule has 1 aromatic carbocycles. The zero-order chi connectivity index (χ0) is 13.3. The molecule has 2 aromatic rings. The number of benzene rings is 1. The first-order chi connectivity index (χ1) is 8.56. The fourth-order valence-corrected chi connectivity index (χ4v) is 1.77. The summed E-state index contributed by atoms with van der Waals surface area (Å²) in [5.41, 5.74) is -0.747. The summed E-state index contributed by atoms with van der Waals surface area (Å²) in [6, 6.07) is 6.27. The Kier molecular flexibility index (Phi) is 2.97. The van der Waals surface area contributed by atoms with Crippen molar-refractivity contribution >= 4 is 16.9 Å². The van der Waals surface area contributed by atoms with E-state index < -0.39 is 23.3 Å². The van der Waals surface area contributed by atoms with E-state index in [2.05, 4.69) is 6.58 Å². The van der Waals surface area contributed by atoms with Crippen molar-refractivity contribution in [2.24, 2.45) is 0 Å². The van der Waals surface area contributed by atoms with Gasteiger partial charge in [-0.15, -0.1) is 0 Å². The van der Waals surface area contributed by atoms with E-state index in [4.69, 9.17) is 5.11 Å². The van der Waals surface area contributed by atoms with Gasteiger partial charge in [0, 0.05) is 11.6 Å². The van der Waals surface area contributed by atoms with Gasteiger partial charge < -0.3 is 9.67 Å². The smallest absolute Gasteiger partial charge is 0.341 e. The van der Waals surface area contributed by atoms with Crippen molar-refractivity contribution in [3.05, 3.63) is 58.9 Å². The molecule has 18 heavy (non-hydrogen) atoms. The predicted molar refractivity (Wildman–Crippen MR) is 65.5 cm³/mol. The third kappa shape index (κ3) is 1.79. The zero-order valence-electron chi connectivity index (χ0n) is 9.34. The molecule has 0 bridgehead atoms. The van der Waals surface area contributed by atoms with Crippen molar-refractivity contribution in [3.63, 3.8) is 0 Å². The van der Waals surface area contributed by atoms with Crippen LogP contribution in [-0.4, -0.2) is 15.6 Å².